The Bertz CT molecular complexity index is 224. The molecule has 0 amide bonds. The molecule has 11 heavy (non-hydrogen) atoms. The molecule has 0 aliphatic heterocycles. The second-order valence-corrected chi connectivity index (χ2v) is 1.85. The summed E-state index contributed by atoms with van der Waals surface area (Å²) in [5.74, 6) is -0.536. The van der Waals surface area contributed by atoms with E-state index >= 15 is 0 Å². The molecule has 0 aromatic carbocycles. The molecule has 0 unspecified atom stereocenters. The summed E-state index contributed by atoms with van der Waals surface area (Å²) in [5.41, 5.74) is 0.552. The fourth-order valence-corrected chi connectivity index (χ4v) is 0.416. The molecule has 2 heteroatoms. The summed E-state index contributed by atoms with van der Waals surface area (Å²) in [6, 6.07) is 0. The molecule has 58 valence electrons. The van der Waals surface area contributed by atoms with Crippen LogP contribution in [0.2, 0.25) is 0 Å². The van der Waals surface area contributed by atoms with Gasteiger partial charge in [0.15, 0.2) is 0 Å². The average molecular weight is 152 g/mol. The number of hydrogen-bond donors (Lipinski definition) is 0. The van der Waals surface area contributed by atoms with Gasteiger partial charge >= 0.3 is 0 Å². The van der Waals surface area contributed by atoms with Crippen molar-refractivity contribution in [3.63, 3.8) is 0 Å². The molecule has 0 fully saturated rings. The first kappa shape index (κ1) is 9.56. The Kier molecular flexibility index (Phi) is 4.65. The maximum Gasteiger partial charge on any atom is 0.142 e. The maximum atomic E-state index is 12.0. The van der Waals surface area contributed by atoms with Crippen LogP contribution in [0.4, 0.5) is 4.39 Å². The molecular formula is C9H9FO. The maximum absolute atomic E-state index is 12.0. The van der Waals surface area contributed by atoms with Gasteiger partial charge < -0.3 is 0 Å². The highest BCUT2D eigenvalue weighted by atomic mass is 19.1. The molecule has 0 heterocycles. The van der Waals surface area contributed by atoms with Crippen LogP contribution >= 0.6 is 0 Å². The summed E-state index contributed by atoms with van der Waals surface area (Å²) in [6.07, 6.45) is 6.00. The Morgan fingerprint density at radius 1 is 1.18 bits per heavy atom. The number of rotatable bonds is 4. The van der Waals surface area contributed by atoms with Crippen molar-refractivity contribution in [1.82, 2.24) is 0 Å². The molecule has 0 saturated carbocycles. The Balaban J connectivity index is 3.97. The third kappa shape index (κ3) is 6.45. The lowest BCUT2D eigenvalue weighted by atomic mass is 10.2. The SMILES string of the molecule is C=C(F)/C=C\C(=C)/C=C/C=O. The van der Waals surface area contributed by atoms with Gasteiger partial charge in [0.25, 0.3) is 0 Å². The molecule has 0 atom stereocenters. The van der Waals surface area contributed by atoms with Crippen LogP contribution in [0.25, 0.3) is 0 Å². The molecule has 0 aromatic heterocycles. The molecular weight excluding hydrogens is 143 g/mol. The van der Waals surface area contributed by atoms with Crippen molar-refractivity contribution in [2.75, 3.05) is 0 Å². The lowest BCUT2D eigenvalue weighted by Gasteiger charge is -1.85. The van der Waals surface area contributed by atoms with Crippen molar-refractivity contribution in [3.8, 4) is 0 Å². The van der Waals surface area contributed by atoms with E-state index in [2.05, 4.69) is 13.2 Å². The van der Waals surface area contributed by atoms with Gasteiger partial charge in [0, 0.05) is 0 Å². The van der Waals surface area contributed by atoms with Crippen LogP contribution in [0.3, 0.4) is 0 Å². The molecule has 0 aliphatic carbocycles. The molecule has 0 radical (unpaired) electrons. The van der Waals surface area contributed by atoms with Gasteiger partial charge in [-0.1, -0.05) is 25.3 Å². The van der Waals surface area contributed by atoms with Crippen LogP contribution in [0.5, 0.6) is 0 Å². The monoisotopic (exact) mass is 152 g/mol. The van der Waals surface area contributed by atoms with Crippen LogP contribution in [-0.2, 0) is 4.79 Å². The summed E-state index contributed by atoms with van der Waals surface area (Å²) in [6.45, 7) is 6.54. The molecule has 0 N–H and O–H groups in total. The summed E-state index contributed by atoms with van der Waals surface area (Å²) in [7, 11) is 0. The van der Waals surface area contributed by atoms with Gasteiger partial charge in [-0.3, -0.25) is 4.79 Å². The Morgan fingerprint density at radius 3 is 2.27 bits per heavy atom. The standard InChI is InChI=1S/C9H9FO/c1-8(4-3-7-11)5-6-9(2)10/h3-7H,1-2H2/b4-3+,6-5-. The zero-order chi connectivity index (χ0) is 8.69. The quantitative estimate of drug-likeness (QED) is 0.343. The predicted molar refractivity (Wildman–Crippen MR) is 43.7 cm³/mol. The van der Waals surface area contributed by atoms with Gasteiger partial charge in [-0.05, 0) is 17.7 Å². The summed E-state index contributed by atoms with van der Waals surface area (Å²) < 4.78 is 12.0. The lowest BCUT2D eigenvalue weighted by Crippen LogP contribution is -1.68. The Morgan fingerprint density at radius 2 is 1.82 bits per heavy atom. The normalized spacial score (nSPS) is 10.6. The molecule has 0 spiro atoms. The van der Waals surface area contributed by atoms with Gasteiger partial charge in [-0.15, -0.1) is 0 Å². The fourth-order valence-electron chi connectivity index (χ4n) is 0.416. The van der Waals surface area contributed by atoms with Gasteiger partial charge in [0.05, 0.1) is 0 Å². The number of allylic oxidation sites excluding steroid dienone is 6. The van der Waals surface area contributed by atoms with E-state index < -0.39 is 5.83 Å². The summed E-state index contributed by atoms with van der Waals surface area (Å²) in [5, 5.41) is 0. The minimum atomic E-state index is -0.536. The zero-order valence-corrected chi connectivity index (χ0v) is 6.09. The van der Waals surface area contributed by atoms with E-state index in [1.165, 1.54) is 24.3 Å². The van der Waals surface area contributed by atoms with Crippen molar-refractivity contribution in [2.45, 2.75) is 0 Å². The first-order valence-electron chi connectivity index (χ1n) is 3.00. The van der Waals surface area contributed by atoms with E-state index in [1.807, 2.05) is 0 Å². The largest absolute Gasteiger partial charge is 0.299 e. The lowest BCUT2D eigenvalue weighted by molar-refractivity contribution is -0.104. The van der Waals surface area contributed by atoms with Gasteiger partial charge in [0.2, 0.25) is 0 Å². The van der Waals surface area contributed by atoms with Crippen molar-refractivity contribution in [2.24, 2.45) is 0 Å². The van der Waals surface area contributed by atoms with Crippen LogP contribution in [0.15, 0.2) is 48.9 Å². The number of carbonyl (C=O) groups excluding carboxylic acids is 1. The molecule has 0 bridgehead atoms. The van der Waals surface area contributed by atoms with Gasteiger partial charge in [-0.25, -0.2) is 4.39 Å². The molecule has 0 aromatic rings. The van der Waals surface area contributed by atoms with E-state index in [0.29, 0.717) is 11.9 Å². The van der Waals surface area contributed by atoms with E-state index in [0.717, 1.165) is 0 Å². The highest BCUT2D eigenvalue weighted by Crippen LogP contribution is 1.99. The van der Waals surface area contributed by atoms with Crippen LogP contribution < -0.4 is 0 Å². The van der Waals surface area contributed by atoms with Crippen LogP contribution in [0, 0.1) is 0 Å². The number of hydrogen-bond acceptors (Lipinski definition) is 1. The molecule has 0 saturated heterocycles. The van der Waals surface area contributed by atoms with Gasteiger partial charge in [-0.2, -0.15) is 0 Å². The van der Waals surface area contributed by atoms with Crippen molar-refractivity contribution >= 4 is 6.29 Å². The second-order valence-electron chi connectivity index (χ2n) is 1.85. The summed E-state index contributed by atoms with van der Waals surface area (Å²) in [4.78, 5) is 9.80. The minimum Gasteiger partial charge on any atom is -0.299 e. The molecule has 1 nitrogen and oxygen atoms in total. The first-order valence-corrected chi connectivity index (χ1v) is 3.00. The first-order chi connectivity index (χ1) is 5.16. The number of halogens is 1. The van der Waals surface area contributed by atoms with Crippen LogP contribution in [0.1, 0.15) is 0 Å². The van der Waals surface area contributed by atoms with E-state index in [9.17, 15) is 9.18 Å². The highest BCUT2D eigenvalue weighted by Gasteiger charge is 1.80. The van der Waals surface area contributed by atoms with Crippen molar-refractivity contribution < 1.29 is 9.18 Å². The number of carbonyl (C=O) groups is 1. The predicted octanol–water partition coefficient (Wildman–Crippen LogP) is 2.34. The fraction of sp³-hybridized carbons (Fsp3) is 0. The second kappa shape index (κ2) is 5.35. The smallest absolute Gasteiger partial charge is 0.142 e. The zero-order valence-electron chi connectivity index (χ0n) is 6.09. The van der Waals surface area contributed by atoms with E-state index in [4.69, 9.17) is 0 Å². The topological polar surface area (TPSA) is 17.1 Å². The average Bonchev–Trinajstić information content (AvgIpc) is 1.97. The minimum absolute atomic E-state index is 0.536. The highest BCUT2D eigenvalue weighted by molar-refractivity contribution is 5.66. The Hall–Kier alpha value is -1.44. The molecule has 0 rings (SSSR count). The number of aldehydes is 1. The van der Waals surface area contributed by atoms with Crippen molar-refractivity contribution in [1.29, 1.82) is 0 Å². The van der Waals surface area contributed by atoms with Crippen LogP contribution in [-0.4, -0.2) is 6.29 Å². The third-order valence-corrected chi connectivity index (χ3v) is 0.867. The van der Waals surface area contributed by atoms with Gasteiger partial charge in [0.1, 0.15) is 12.1 Å². The van der Waals surface area contributed by atoms with Crippen molar-refractivity contribution in [3.05, 3.63) is 48.9 Å². The summed E-state index contributed by atoms with van der Waals surface area (Å²) >= 11 is 0. The molecule has 0 aliphatic rings. The Labute approximate surface area is 65.2 Å². The van der Waals surface area contributed by atoms with E-state index in [-0.39, 0.29) is 0 Å². The third-order valence-electron chi connectivity index (χ3n) is 0.867. The van der Waals surface area contributed by atoms with E-state index in [1.54, 1.807) is 0 Å².